The summed E-state index contributed by atoms with van der Waals surface area (Å²) in [5.41, 5.74) is 0.344. The highest BCUT2D eigenvalue weighted by Crippen LogP contribution is 2.37. The van der Waals surface area contributed by atoms with Crippen molar-refractivity contribution < 1.29 is 24.2 Å². The number of ether oxygens (including phenoxy) is 2. The zero-order valence-corrected chi connectivity index (χ0v) is 15.9. The molecule has 1 amide bonds. The Labute approximate surface area is 153 Å². The summed E-state index contributed by atoms with van der Waals surface area (Å²) in [5.74, 6) is -0.409. The topological polar surface area (TPSA) is 76.1 Å². The maximum absolute atomic E-state index is 12.8. The average molecular weight is 372 g/mol. The third kappa shape index (κ3) is 6.12. The Bertz CT molecular complexity index is 603. The van der Waals surface area contributed by atoms with E-state index in [2.05, 4.69) is 0 Å². The fraction of sp³-hybridized carbons (Fsp3) is 0.556. The molecule has 0 aliphatic rings. The highest BCUT2D eigenvalue weighted by Gasteiger charge is 2.23. The van der Waals surface area contributed by atoms with Crippen LogP contribution >= 0.6 is 11.6 Å². The van der Waals surface area contributed by atoms with E-state index in [4.69, 9.17) is 26.2 Å². The second-order valence-electron chi connectivity index (χ2n) is 5.80. The lowest BCUT2D eigenvalue weighted by atomic mass is 10.1. The minimum absolute atomic E-state index is 0.117. The molecule has 0 heterocycles. The summed E-state index contributed by atoms with van der Waals surface area (Å²) in [5, 5.41) is 9.17. The van der Waals surface area contributed by atoms with Crippen molar-refractivity contribution in [2.45, 2.75) is 46.6 Å². The van der Waals surface area contributed by atoms with Gasteiger partial charge in [0.05, 0.1) is 24.7 Å². The Balaban J connectivity index is 3.16. The van der Waals surface area contributed by atoms with Crippen LogP contribution in [-0.2, 0) is 4.79 Å². The Morgan fingerprint density at radius 3 is 2.44 bits per heavy atom. The van der Waals surface area contributed by atoms with E-state index in [9.17, 15) is 9.59 Å². The zero-order valence-electron chi connectivity index (χ0n) is 15.2. The maximum atomic E-state index is 12.8. The molecule has 0 fully saturated rings. The van der Waals surface area contributed by atoms with E-state index < -0.39 is 5.97 Å². The van der Waals surface area contributed by atoms with Gasteiger partial charge in [0.25, 0.3) is 5.91 Å². The van der Waals surface area contributed by atoms with Crippen LogP contribution in [0.3, 0.4) is 0 Å². The van der Waals surface area contributed by atoms with Gasteiger partial charge in [-0.1, -0.05) is 18.5 Å². The second-order valence-corrected chi connectivity index (χ2v) is 6.21. The molecule has 0 saturated carbocycles. The van der Waals surface area contributed by atoms with Crippen LogP contribution in [0.2, 0.25) is 5.02 Å². The minimum atomic E-state index is -0.949. The molecule has 0 aromatic heterocycles. The number of hydrogen-bond acceptors (Lipinski definition) is 4. The van der Waals surface area contributed by atoms with Gasteiger partial charge in [0, 0.05) is 18.2 Å². The number of benzene rings is 1. The molecule has 140 valence electrons. The molecule has 0 atom stereocenters. The van der Waals surface area contributed by atoms with Crippen molar-refractivity contribution in [3.63, 3.8) is 0 Å². The van der Waals surface area contributed by atoms with Crippen molar-refractivity contribution in [3.8, 4) is 11.5 Å². The molecule has 0 unspecified atom stereocenters. The lowest BCUT2D eigenvalue weighted by Gasteiger charge is -2.26. The predicted octanol–water partition coefficient (Wildman–Crippen LogP) is 3.85. The van der Waals surface area contributed by atoms with Crippen molar-refractivity contribution in [1.29, 1.82) is 0 Å². The van der Waals surface area contributed by atoms with Crippen molar-refractivity contribution in [2.75, 3.05) is 19.8 Å². The van der Waals surface area contributed by atoms with Crippen LogP contribution in [-0.4, -0.2) is 47.7 Å². The molecule has 1 aromatic carbocycles. The highest BCUT2D eigenvalue weighted by atomic mass is 35.5. The molecule has 0 bridgehead atoms. The van der Waals surface area contributed by atoms with Gasteiger partial charge >= 0.3 is 5.97 Å². The number of amides is 1. The summed E-state index contributed by atoms with van der Waals surface area (Å²) in [6.45, 7) is 8.51. The third-order valence-electron chi connectivity index (χ3n) is 3.46. The van der Waals surface area contributed by atoms with Crippen LogP contribution in [0, 0.1) is 0 Å². The lowest BCUT2D eigenvalue weighted by molar-refractivity contribution is -0.137. The van der Waals surface area contributed by atoms with E-state index in [1.165, 1.54) is 11.0 Å². The van der Waals surface area contributed by atoms with Crippen LogP contribution in [0.4, 0.5) is 0 Å². The smallest absolute Gasteiger partial charge is 0.305 e. The number of carboxylic acids is 1. The number of rotatable bonds is 10. The van der Waals surface area contributed by atoms with E-state index in [1.54, 1.807) is 6.07 Å². The van der Waals surface area contributed by atoms with Crippen molar-refractivity contribution >= 4 is 23.5 Å². The minimum Gasteiger partial charge on any atom is -0.490 e. The first-order valence-corrected chi connectivity index (χ1v) is 8.81. The summed E-state index contributed by atoms with van der Waals surface area (Å²) in [7, 11) is 0. The second kappa shape index (κ2) is 10.1. The number of carbonyl (C=O) groups excluding carboxylic acids is 1. The Morgan fingerprint density at radius 1 is 1.24 bits per heavy atom. The van der Waals surface area contributed by atoms with Crippen molar-refractivity contribution in [1.82, 2.24) is 4.90 Å². The molecule has 1 N–H and O–H groups in total. The van der Waals surface area contributed by atoms with Gasteiger partial charge in [-0.25, -0.2) is 0 Å². The summed E-state index contributed by atoms with van der Waals surface area (Å²) < 4.78 is 11.2. The molecule has 0 saturated heterocycles. The summed E-state index contributed by atoms with van der Waals surface area (Å²) in [6, 6.07) is 2.99. The molecule has 0 spiro atoms. The van der Waals surface area contributed by atoms with Crippen molar-refractivity contribution in [3.05, 3.63) is 22.7 Å². The lowest BCUT2D eigenvalue weighted by Crippen LogP contribution is -2.38. The Morgan fingerprint density at radius 2 is 1.92 bits per heavy atom. The van der Waals surface area contributed by atoms with Crippen LogP contribution < -0.4 is 9.47 Å². The number of hydrogen-bond donors (Lipinski definition) is 1. The summed E-state index contributed by atoms with van der Waals surface area (Å²) in [6.07, 6.45) is 0.701. The summed E-state index contributed by atoms with van der Waals surface area (Å²) >= 11 is 6.29. The molecule has 7 heteroatoms. The van der Waals surface area contributed by atoms with Crippen LogP contribution in [0.1, 0.15) is 50.9 Å². The molecule has 0 aliphatic carbocycles. The van der Waals surface area contributed by atoms with E-state index in [0.29, 0.717) is 35.3 Å². The van der Waals surface area contributed by atoms with Gasteiger partial charge in [-0.2, -0.15) is 0 Å². The first kappa shape index (κ1) is 21.1. The normalized spacial score (nSPS) is 10.6. The average Bonchev–Trinajstić information content (AvgIpc) is 2.53. The largest absolute Gasteiger partial charge is 0.490 e. The quantitative estimate of drug-likeness (QED) is 0.676. The molecule has 6 nitrogen and oxygen atoms in total. The predicted molar refractivity (Wildman–Crippen MR) is 96.8 cm³/mol. The number of nitrogens with zero attached hydrogens (tertiary/aromatic N) is 1. The van der Waals surface area contributed by atoms with Gasteiger partial charge < -0.3 is 19.5 Å². The van der Waals surface area contributed by atoms with E-state index in [1.807, 2.05) is 27.7 Å². The maximum Gasteiger partial charge on any atom is 0.305 e. The van der Waals surface area contributed by atoms with Gasteiger partial charge in [-0.05, 0) is 39.3 Å². The number of halogens is 1. The van der Waals surface area contributed by atoms with Gasteiger partial charge in [-0.3, -0.25) is 9.59 Å². The summed E-state index contributed by atoms with van der Waals surface area (Å²) in [4.78, 5) is 25.1. The van der Waals surface area contributed by atoms with Crippen LogP contribution in [0.15, 0.2) is 12.1 Å². The van der Waals surface area contributed by atoms with Gasteiger partial charge in [-0.15, -0.1) is 0 Å². The molecule has 0 radical (unpaired) electrons. The van der Waals surface area contributed by atoms with Gasteiger partial charge in [0.1, 0.15) is 0 Å². The first-order chi connectivity index (χ1) is 11.8. The zero-order chi connectivity index (χ0) is 19.0. The molecular weight excluding hydrogens is 346 g/mol. The van der Waals surface area contributed by atoms with Gasteiger partial charge in [0.15, 0.2) is 11.5 Å². The molecule has 25 heavy (non-hydrogen) atoms. The SMILES string of the molecule is CCCOc1c(Cl)cc(C(=O)N(CCC(=O)O)C(C)C)cc1OCC. The molecule has 0 aliphatic heterocycles. The van der Waals surface area contributed by atoms with E-state index in [-0.39, 0.29) is 24.9 Å². The van der Waals surface area contributed by atoms with E-state index >= 15 is 0 Å². The third-order valence-corrected chi connectivity index (χ3v) is 3.74. The highest BCUT2D eigenvalue weighted by molar-refractivity contribution is 6.32. The molecule has 1 aromatic rings. The van der Waals surface area contributed by atoms with Gasteiger partial charge in [0.2, 0.25) is 0 Å². The fourth-order valence-corrected chi connectivity index (χ4v) is 2.54. The number of carboxylic acid groups (broad SMARTS) is 1. The van der Waals surface area contributed by atoms with Crippen molar-refractivity contribution in [2.24, 2.45) is 0 Å². The molecular formula is C18H26ClNO5. The number of aliphatic carboxylic acids is 1. The van der Waals surface area contributed by atoms with E-state index in [0.717, 1.165) is 6.42 Å². The Kier molecular flexibility index (Phi) is 8.55. The van der Waals surface area contributed by atoms with Crippen LogP contribution in [0.5, 0.6) is 11.5 Å². The Hall–Kier alpha value is -1.95. The fourth-order valence-electron chi connectivity index (χ4n) is 2.27. The van der Waals surface area contributed by atoms with Crippen LogP contribution in [0.25, 0.3) is 0 Å². The number of carbonyl (C=O) groups is 2. The first-order valence-electron chi connectivity index (χ1n) is 8.43. The monoisotopic (exact) mass is 371 g/mol. The molecule has 1 rings (SSSR count). The standard InChI is InChI=1S/C18H26ClNO5/c1-5-9-25-17-14(19)10-13(11-15(17)24-6-2)18(23)20(12(3)4)8-7-16(21)22/h10-12H,5-9H2,1-4H3,(H,21,22).